The summed E-state index contributed by atoms with van der Waals surface area (Å²) in [6, 6.07) is 7.69. The quantitative estimate of drug-likeness (QED) is 0.891. The van der Waals surface area contributed by atoms with Crippen LogP contribution in [0, 0.1) is 5.92 Å². The normalized spacial score (nSPS) is 24.2. The molecule has 1 amide bonds. The molecule has 104 valence electrons. The molecule has 0 aliphatic heterocycles. The number of hydrogen-bond acceptors (Lipinski definition) is 2. The molecule has 0 aromatic heterocycles. The van der Waals surface area contributed by atoms with E-state index in [-0.39, 0.29) is 23.9 Å². The van der Waals surface area contributed by atoms with Crippen LogP contribution in [-0.4, -0.2) is 11.9 Å². The number of carbonyl (C=O) groups is 1. The van der Waals surface area contributed by atoms with Crippen molar-refractivity contribution in [1.82, 2.24) is 5.32 Å². The molecule has 0 heterocycles. The number of amides is 1. The first-order chi connectivity index (χ1) is 9.11. The molecule has 1 aromatic carbocycles. The van der Waals surface area contributed by atoms with Crippen LogP contribution < -0.4 is 11.1 Å². The molecule has 19 heavy (non-hydrogen) atoms. The van der Waals surface area contributed by atoms with E-state index in [1.54, 1.807) is 0 Å². The van der Waals surface area contributed by atoms with Crippen LogP contribution in [0.25, 0.3) is 0 Å². The van der Waals surface area contributed by atoms with Gasteiger partial charge in [-0.2, -0.15) is 0 Å². The zero-order chi connectivity index (χ0) is 13.8. The third-order valence-electron chi connectivity index (χ3n) is 3.90. The van der Waals surface area contributed by atoms with E-state index >= 15 is 0 Å². The van der Waals surface area contributed by atoms with Gasteiger partial charge in [-0.1, -0.05) is 37.1 Å². The molecule has 1 fully saturated rings. The van der Waals surface area contributed by atoms with Crippen LogP contribution in [-0.2, 0) is 4.79 Å². The van der Waals surface area contributed by atoms with E-state index < -0.39 is 0 Å². The Morgan fingerprint density at radius 2 is 2.11 bits per heavy atom. The average Bonchev–Trinajstić information content (AvgIpc) is 2.83. The highest BCUT2D eigenvalue weighted by Gasteiger charge is 2.31. The molecule has 2 rings (SSSR count). The summed E-state index contributed by atoms with van der Waals surface area (Å²) >= 11 is 5.88. The summed E-state index contributed by atoms with van der Waals surface area (Å²) in [5.74, 6) is 0.0631. The molecular formula is C15H21ClN2O. The highest BCUT2D eigenvalue weighted by atomic mass is 35.5. The zero-order valence-corrected chi connectivity index (χ0v) is 12.0. The number of halogens is 1. The van der Waals surface area contributed by atoms with Crippen LogP contribution in [0.3, 0.4) is 0 Å². The lowest BCUT2D eigenvalue weighted by Crippen LogP contribution is -2.40. The molecule has 0 bridgehead atoms. The van der Waals surface area contributed by atoms with Gasteiger partial charge in [0.1, 0.15) is 0 Å². The van der Waals surface area contributed by atoms with Gasteiger partial charge in [-0.05, 0) is 37.0 Å². The number of hydrogen-bond donors (Lipinski definition) is 2. The van der Waals surface area contributed by atoms with E-state index in [0.29, 0.717) is 5.02 Å². The number of benzene rings is 1. The molecule has 3 atom stereocenters. The monoisotopic (exact) mass is 280 g/mol. The van der Waals surface area contributed by atoms with Gasteiger partial charge in [0.2, 0.25) is 5.91 Å². The highest BCUT2D eigenvalue weighted by molar-refractivity contribution is 6.30. The molecule has 4 heteroatoms. The van der Waals surface area contributed by atoms with Gasteiger partial charge in [0.15, 0.2) is 0 Å². The van der Waals surface area contributed by atoms with Crippen LogP contribution in [0.15, 0.2) is 24.3 Å². The highest BCUT2D eigenvalue weighted by Crippen LogP contribution is 2.26. The van der Waals surface area contributed by atoms with Crippen LogP contribution in [0.1, 0.15) is 44.2 Å². The van der Waals surface area contributed by atoms with Crippen molar-refractivity contribution < 1.29 is 4.79 Å². The lowest BCUT2D eigenvalue weighted by molar-refractivity contribution is -0.126. The van der Waals surface area contributed by atoms with E-state index in [2.05, 4.69) is 12.2 Å². The Morgan fingerprint density at radius 3 is 2.63 bits per heavy atom. The maximum atomic E-state index is 12.2. The first-order valence-electron chi connectivity index (χ1n) is 6.93. The minimum atomic E-state index is -0.0265. The second kappa shape index (κ2) is 6.40. The summed E-state index contributed by atoms with van der Waals surface area (Å²) < 4.78 is 0. The molecule has 3 N–H and O–H groups in total. The second-order valence-corrected chi connectivity index (χ2v) is 5.66. The zero-order valence-electron chi connectivity index (χ0n) is 11.2. The molecular weight excluding hydrogens is 260 g/mol. The van der Waals surface area contributed by atoms with E-state index in [1.165, 1.54) is 0 Å². The summed E-state index contributed by atoms with van der Waals surface area (Å²) in [7, 11) is 0. The Bertz CT molecular complexity index is 432. The van der Waals surface area contributed by atoms with Crippen molar-refractivity contribution in [3.05, 3.63) is 34.9 Å². The second-order valence-electron chi connectivity index (χ2n) is 5.22. The van der Waals surface area contributed by atoms with Gasteiger partial charge in [-0.15, -0.1) is 0 Å². The first-order valence-corrected chi connectivity index (χ1v) is 7.31. The van der Waals surface area contributed by atoms with E-state index in [9.17, 15) is 4.79 Å². The third kappa shape index (κ3) is 3.48. The van der Waals surface area contributed by atoms with Crippen LogP contribution in [0.2, 0.25) is 5.02 Å². The van der Waals surface area contributed by atoms with Crippen molar-refractivity contribution in [2.45, 2.75) is 44.7 Å². The van der Waals surface area contributed by atoms with E-state index in [1.807, 2.05) is 24.3 Å². The lowest BCUT2D eigenvalue weighted by Gasteiger charge is -2.22. The van der Waals surface area contributed by atoms with Crippen molar-refractivity contribution in [1.29, 1.82) is 0 Å². The van der Waals surface area contributed by atoms with Gasteiger partial charge in [0, 0.05) is 11.1 Å². The van der Waals surface area contributed by atoms with Crippen molar-refractivity contribution in [2.75, 3.05) is 0 Å². The standard InChI is InChI=1S/C15H21ClN2O/c1-2-14(10-6-8-11(16)9-7-10)18-15(19)12-4-3-5-13(12)17/h6-9,12-14H,2-5,17H2,1H3,(H,18,19). The Labute approximate surface area is 119 Å². The SMILES string of the molecule is CCC(NC(=O)C1CCCC1N)c1ccc(Cl)cc1. The maximum Gasteiger partial charge on any atom is 0.225 e. The van der Waals surface area contributed by atoms with Gasteiger partial charge in [0.25, 0.3) is 0 Å². The van der Waals surface area contributed by atoms with Crippen molar-refractivity contribution in [2.24, 2.45) is 11.7 Å². The smallest absolute Gasteiger partial charge is 0.225 e. The van der Waals surface area contributed by atoms with Crippen LogP contribution in [0.4, 0.5) is 0 Å². The molecule has 1 aliphatic carbocycles. The van der Waals surface area contributed by atoms with Gasteiger partial charge in [0.05, 0.1) is 12.0 Å². The fraction of sp³-hybridized carbons (Fsp3) is 0.533. The Kier molecular flexibility index (Phi) is 4.83. The molecule has 1 saturated carbocycles. The lowest BCUT2D eigenvalue weighted by atomic mass is 10.00. The summed E-state index contributed by atoms with van der Waals surface area (Å²) in [6.07, 6.45) is 3.77. The van der Waals surface area contributed by atoms with Crippen molar-refractivity contribution >= 4 is 17.5 Å². The average molecular weight is 281 g/mol. The van der Waals surface area contributed by atoms with Gasteiger partial charge >= 0.3 is 0 Å². The summed E-state index contributed by atoms with van der Waals surface area (Å²) in [5, 5.41) is 3.82. The van der Waals surface area contributed by atoms with Crippen LogP contribution in [0.5, 0.6) is 0 Å². The van der Waals surface area contributed by atoms with Crippen molar-refractivity contribution in [3.8, 4) is 0 Å². The molecule has 1 aliphatic rings. The Hall–Kier alpha value is -1.06. The summed E-state index contributed by atoms with van der Waals surface area (Å²) in [4.78, 5) is 12.2. The largest absolute Gasteiger partial charge is 0.349 e. The van der Waals surface area contributed by atoms with Gasteiger partial charge in [-0.25, -0.2) is 0 Å². The predicted octanol–water partition coefficient (Wildman–Crippen LogP) is 3.03. The third-order valence-corrected chi connectivity index (χ3v) is 4.16. The van der Waals surface area contributed by atoms with E-state index in [0.717, 1.165) is 31.2 Å². The summed E-state index contributed by atoms with van der Waals surface area (Å²) in [6.45, 7) is 2.06. The maximum absolute atomic E-state index is 12.2. The first kappa shape index (κ1) is 14.4. The fourth-order valence-electron chi connectivity index (χ4n) is 2.71. The minimum absolute atomic E-state index is 0.0164. The predicted molar refractivity (Wildman–Crippen MR) is 77.9 cm³/mol. The molecule has 0 radical (unpaired) electrons. The molecule has 3 nitrogen and oxygen atoms in total. The number of carbonyl (C=O) groups excluding carboxylic acids is 1. The minimum Gasteiger partial charge on any atom is -0.349 e. The van der Waals surface area contributed by atoms with Crippen LogP contribution >= 0.6 is 11.6 Å². The Morgan fingerprint density at radius 1 is 1.42 bits per heavy atom. The topological polar surface area (TPSA) is 55.1 Å². The van der Waals surface area contributed by atoms with E-state index in [4.69, 9.17) is 17.3 Å². The Balaban J connectivity index is 2.02. The summed E-state index contributed by atoms with van der Waals surface area (Å²) in [5.41, 5.74) is 7.07. The molecule has 0 spiro atoms. The number of rotatable bonds is 4. The number of nitrogens with two attached hydrogens (primary N) is 1. The fourth-order valence-corrected chi connectivity index (χ4v) is 2.84. The number of nitrogens with one attached hydrogen (secondary N) is 1. The van der Waals surface area contributed by atoms with Gasteiger partial charge < -0.3 is 11.1 Å². The molecule has 3 unspecified atom stereocenters. The molecule has 0 saturated heterocycles. The van der Waals surface area contributed by atoms with Crippen molar-refractivity contribution in [3.63, 3.8) is 0 Å². The van der Waals surface area contributed by atoms with Gasteiger partial charge in [-0.3, -0.25) is 4.79 Å². The molecule has 1 aromatic rings.